The fraction of sp³-hybridized carbons (Fsp3) is 0.933. The number of nitrogens with zero attached hydrogens (tertiary/aromatic N) is 1. The third-order valence-electron chi connectivity index (χ3n) is 5.00. The minimum absolute atomic E-state index is 0.245. The van der Waals surface area contributed by atoms with Gasteiger partial charge in [-0.3, -0.25) is 9.69 Å². The predicted molar refractivity (Wildman–Crippen MR) is 71.0 cm³/mol. The van der Waals surface area contributed by atoms with Crippen molar-refractivity contribution in [2.45, 2.75) is 64.8 Å². The van der Waals surface area contributed by atoms with Crippen molar-refractivity contribution in [3.05, 3.63) is 0 Å². The molecule has 1 heterocycles. The van der Waals surface area contributed by atoms with Crippen LogP contribution >= 0.6 is 0 Å². The second-order valence-corrected chi connectivity index (χ2v) is 6.07. The maximum absolute atomic E-state index is 11.6. The van der Waals surface area contributed by atoms with Crippen LogP contribution in [0.25, 0.3) is 0 Å². The fourth-order valence-corrected chi connectivity index (χ4v) is 3.41. The molecular weight excluding hydrogens is 210 g/mol. The van der Waals surface area contributed by atoms with Crippen LogP contribution in [0.4, 0.5) is 0 Å². The van der Waals surface area contributed by atoms with Crippen LogP contribution in [0, 0.1) is 11.8 Å². The molecule has 0 bridgehead atoms. The number of hydrogen-bond donors (Lipinski definition) is 0. The van der Waals surface area contributed by atoms with Gasteiger partial charge in [0, 0.05) is 24.9 Å². The van der Waals surface area contributed by atoms with E-state index in [1.807, 2.05) is 0 Å². The van der Waals surface area contributed by atoms with Crippen LogP contribution in [0.2, 0.25) is 0 Å². The Bertz CT molecular complexity index is 258. The minimum Gasteiger partial charge on any atom is -0.300 e. The fourth-order valence-electron chi connectivity index (χ4n) is 3.41. The van der Waals surface area contributed by atoms with E-state index in [1.54, 1.807) is 0 Å². The van der Waals surface area contributed by atoms with Crippen LogP contribution in [0.5, 0.6) is 0 Å². The molecule has 0 aromatic heterocycles. The summed E-state index contributed by atoms with van der Waals surface area (Å²) in [6, 6.07) is 0.458. The molecule has 2 rings (SSSR count). The molecule has 0 aromatic rings. The van der Waals surface area contributed by atoms with E-state index in [4.69, 9.17) is 0 Å². The lowest BCUT2D eigenvalue weighted by Gasteiger charge is -2.38. The van der Waals surface area contributed by atoms with Gasteiger partial charge in [-0.2, -0.15) is 0 Å². The Hall–Kier alpha value is -0.370. The first-order valence-electron chi connectivity index (χ1n) is 7.45. The van der Waals surface area contributed by atoms with Crippen LogP contribution in [0.15, 0.2) is 0 Å². The lowest BCUT2D eigenvalue weighted by molar-refractivity contribution is -0.127. The second kappa shape index (κ2) is 5.99. The Balaban J connectivity index is 1.76. The second-order valence-electron chi connectivity index (χ2n) is 6.07. The van der Waals surface area contributed by atoms with Crippen molar-refractivity contribution in [1.82, 2.24) is 4.90 Å². The Morgan fingerprint density at radius 1 is 1.18 bits per heavy atom. The highest BCUT2D eigenvalue weighted by atomic mass is 16.1. The van der Waals surface area contributed by atoms with Crippen molar-refractivity contribution in [3.63, 3.8) is 0 Å². The van der Waals surface area contributed by atoms with Crippen LogP contribution in [0.3, 0.4) is 0 Å². The van der Waals surface area contributed by atoms with Gasteiger partial charge in [-0.25, -0.2) is 0 Å². The standard InChI is InChI=1S/C15H27NO/c1-12-13(2)16(11-9-15(12)17)10-8-14-6-4-3-5-7-14/h12-14H,3-11H2,1-2H3. The number of Topliss-reactive ketones (excluding diaryl/α,β-unsaturated/α-hetero) is 1. The van der Waals surface area contributed by atoms with Crippen LogP contribution in [-0.4, -0.2) is 29.8 Å². The average molecular weight is 237 g/mol. The molecule has 2 aliphatic rings. The number of piperidine rings is 1. The van der Waals surface area contributed by atoms with Gasteiger partial charge in [0.1, 0.15) is 5.78 Å². The lowest BCUT2D eigenvalue weighted by atomic mass is 9.85. The highest BCUT2D eigenvalue weighted by Crippen LogP contribution is 2.28. The van der Waals surface area contributed by atoms with E-state index in [2.05, 4.69) is 18.7 Å². The summed E-state index contributed by atoms with van der Waals surface area (Å²) in [6.07, 6.45) is 9.33. The smallest absolute Gasteiger partial charge is 0.138 e. The van der Waals surface area contributed by atoms with Crippen LogP contribution in [-0.2, 0) is 4.79 Å². The molecule has 0 aromatic carbocycles. The van der Waals surface area contributed by atoms with Gasteiger partial charge in [-0.15, -0.1) is 0 Å². The van der Waals surface area contributed by atoms with Gasteiger partial charge in [0.2, 0.25) is 0 Å². The first kappa shape index (κ1) is 13.1. The van der Waals surface area contributed by atoms with E-state index < -0.39 is 0 Å². The summed E-state index contributed by atoms with van der Waals surface area (Å²) >= 11 is 0. The molecule has 2 nitrogen and oxygen atoms in total. The summed E-state index contributed by atoms with van der Waals surface area (Å²) in [4.78, 5) is 14.2. The van der Waals surface area contributed by atoms with E-state index in [1.165, 1.54) is 45.1 Å². The molecule has 0 N–H and O–H groups in total. The first-order chi connectivity index (χ1) is 8.18. The van der Waals surface area contributed by atoms with E-state index >= 15 is 0 Å². The number of likely N-dealkylation sites (tertiary alicyclic amines) is 1. The van der Waals surface area contributed by atoms with Gasteiger partial charge in [0.25, 0.3) is 0 Å². The number of carbonyl (C=O) groups is 1. The van der Waals surface area contributed by atoms with Gasteiger partial charge >= 0.3 is 0 Å². The molecule has 2 unspecified atom stereocenters. The highest BCUT2D eigenvalue weighted by Gasteiger charge is 2.30. The van der Waals surface area contributed by atoms with Crippen molar-refractivity contribution in [2.24, 2.45) is 11.8 Å². The van der Waals surface area contributed by atoms with Gasteiger partial charge in [0.15, 0.2) is 0 Å². The molecular formula is C15H27NO. The molecule has 1 aliphatic carbocycles. The number of hydrogen-bond acceptors (Lipinski definition) is 2. The number of ketones is 1. The van der Waals surface area contributed by atoms with Crippen molar-refractivity contribution in [2.75, 3.05) is 13.1 Å². The Labute approximate surface area is 106 Å². The monoisotopic (exact) mass is 237 g/mol. The largest absolute Gasteiger partial charge is 0.300 e. The number of carbonyl (C=O) groups excluding carboxylic acids is 1. The maximum atomic E-state index is 11.6. The summed E-state index contributed by atoms with van der Waals surface area (Å²) in [5.74, 6) is 1.67. The van der Waals surface area contributed by atoms with Crippen molar-refractivity contribution < 1.29 is 4.79 Å². The minimum atomic E-state index is 0.245. The summed E-state index contributed by atoms with van der Waals surface area (Å²) < 4.78 is 0. The molecule has 1 saturated carbocycles. The van der Waals surface area contributed by atoms with Crippen molar-refractivity contribution in [1.29, 1.82) is 0 Å². The highest BCUT2D eigenvalue weighted by molar-refractivity contribution is 5.82. The summed E-state index contributed by atoms with van der Waals surface area (Å²) in [5.41, 5.74) is 0. The molecule has 0 spiro atoms. The topological polar surface area (TPSA) is 20.3 Å². The summed E-state index contributed by atoms with van der Waals surface area (Å²) in [6.45, 7) is 6.53. The maximum Gasteiger partial charge on any atom is 0.138 e. The first-order valence-corrected chi connectivity index (χ1v) is 7.45. The third-order valence-corrected chi connectivity index (χ3v) is 5.00. The predicted octanol–water partition coefficient (Wildman–Crippen LogP) is 3.26. The third kappa shape index (κ3) is 3.31. The van der Waals surface area contributed by atoms with E-state index in [9.17, 15) is 4.79 Å². The molecule has 0 radical (unpaired) electrons. The molecule has 2 heteroatoms. The van der Waals surface area contributed by atoms with Crippen molar-refractivity contribution >= 4 is 5.78 Å². The van der Waals surface area contributed by atoms with E-state index in [-0.39, 0.29) is 5.92 Å². The zero-order valence-corrected chi connectivity index (χ0v) is 11.5. The average Bonchev–Trinajstić information content (AvgIpc) is 2.36. The molecule has 0 amide bonds. The molecule has 2 fully saturated rings. The zero-order chi connectivity index (χ0) is 12.3. The van der Waals surface area contributed by atoms with Crippen molar-refractivity contribution in [3.8, 4) is 0 Å². The summed E-state index contributed by atoms with van der Waals surface area (Å²) in [7, 11) is 0. The molecule has 98 valence electrons. The molecule has 1 aliphatic heterocycles. The van der Waals surface area contributed by atoms with E-state index in [0.717, 1.165) is 18.9 Å². The van der Waals surface area contributed by atoms with Crippen LogP contribution in [0.1, 0.15) is 58.8 Å². The Morgan fingerprint density at radius 2 is 1.88 bits per heavy atom. The van der Waals surface area contributed by atoms with Gasteiger partial charge in [-0.05, 0) is 25.8 Å². The quantitative estimate of drug-likeness (QED) is 0.751. The van der Waals surface area contributed by atoms with Gasteiger partial charge in [-0.1, -0.05) is 39.0 Å². The number of rotatable bonds is 3. The molecule has 1 saturated heterocycles. The van der Waals surface area contributed by atoms with Gasteiger partial charge in [0.05, 0.1) is 0 Å². The molecule has 17 heavy (non-hydrogen) atoms. The van der Waals surface area contributed by atoms with E-state index in [0.29, 0.717) is 11.8 Å². The summed E-state index contributed by atoms with van der Waals surface area (Å²) in [5, 5.41) is 0. The van der Waals surface area contributed by atoms with Crippen LogP contribution < -0.4 is 0 Å². The Kier molecular flexibility index (Phi) is 4.61. The molecule has 2 atom stereocenters. The Morgan fingerprint density at radius 3 is 2.59 bits per heavy atom. The van der Waals surface area contributed by atoms with Gasteiger partial charge < -0.3 is 0 Å². The zero-order valence-electron chi connectivity index (χ0n) is 11.5. The SMILES string of the molecule is CC1C(=O)CCN(CCC2CCCCC2)C1C. The normalized spacial score (nSPS) is 32.9. The lowest BCUT2D eigenvalue weighted by Crippen LogP contribution is -2.47.